The molecule has 3 nitrogen and oxygen atoms in total. The van der Waals surface area contributed by atoms with E-state index in [1.165, 1.54) is 5.56 Å². The number of nitrogens with one attached hydrogen (secondary N) is 1. The average Bonchev–Trinajstić information content (AvgIpc) is 2.96. The van der Waals surface area contributed by atoms with Gasteiger partial charge in [0.25, 0.3) is 0 Å². The number of hydrogen-bond donors (Lipinski definition) is 2. The van der Waals surface area contributed by atoms with Gasteiger partial charge in [0.1, 0.15) is 0 Å². The highest BCUT2D eigenvalue weighted by Crippen LogP contribution is 2.29. The zero-order valence-corrected chi connectivity index (χ0v) is 11.4. The van der Waals surface area contributed by atoms with Crippen LogP contribution in [0.1, 0.15) is 18.5 Å². The summed E-state index contributed by atoms with van der Waals surface area (Å²) in [7, 11) is 0. The maximum atomic E-state index is 5.96. The van der Waals surface area contributed by atoms with E-state index in [0.29, 0.717) is 5.69 Å². The number of pyridine rings is 1. The molecular weight excluding hydrogens is 254 g/mol. The highest BCUT2D eigenvalue weighted by molar-refractivity contribution is 7.08. The van der Waals surface area contributed by atoms with Crippen LogP contribution in [0.25, 0.3) is 10.9 Å². The number of rotatable bonds is 3. The van der Waals surface area contributed by atoms with E-state index in [0.717, 1.165) is 16.6 Å². The Morgan fingerprint density at radius 2 is 2.16 bits per heavy atom. The number of fused-ring (bicyclic) bond motifs is 1. The van der Waals surface area contributed by atoms with Crippen molar-refractivity contribution >= 4 is 33.6 Å². The molecule has 0 radical (unpaired) electrons. The summed E-state index contributed by atoms with van der Waals surface area (Å²) in [6.45, 7) is 2.15. The van der Waals surface area contributed by atoms with Crippen LogP contribution in [-0.2, 0) is 0 Å². The first-order valence-electron chi connectivity index (χ1n) is 6.17. The van der Waals surface area contributed by atoms with Crippen LogP contribution in [0.2, 0.25) is 0 Å². The molecule has 0 bridgehead atoms. The maximum Gasteiger partial charge on any atom is 0.0951 e. The molecule has 1 atom stereocenters. The van der Waals surface area contributed by atoms with Crippen molar-refractivity contribution < 1.29 is 0 Å². The summed E-state index contributed by atoms with van der Waals surface area (Å²) in [6.07, 6.45) is 1.77. The zero-order chi connectivity index (χ0) is 13.2. The monoisotopic (exact) mass is 269 g/mol. The van der Waals surface area contributed by atoms with E-state index in [-0.39, 0.29) is 6.04 Å². The van der Waals surface area contributed by atoms with Crippen molar-refractivity contribution in [2.75, 3.05) is 11.1 Å². The summed E-state index contributed by atoms with van der Waals surface area (Å²) in [5.74, 6) is 0. The molecule has 3 rings (SSSR count). The summed E-state index contributed by atoms with van der Waals surface area (Å²) in [5.41, 5.74) is 9.88. The third-order valence-corrected chi connectivity index (χ3v) is 3.92. The van der Waals surface area contributed by atoms with E-state index >= 15 is 0 Å². The van der Waals surface area contributed by atoms with Gasteiger partial charge in [-0.3, -0.25) is 4.98 Å². The molecule has 0 saturated heterocycles. The Bertz CT molecular complexity index is 692. The SMILES string of the molecule is CC(Nc1ccc(N)c2ncccc12)c1ccsc1. The lowest BCUT2D eigenvalue weighted by Gasteiger charge is -2.16. The number of nitrogen functional groups attached to an aromatic ring is 1. The smallest absolute Gasteiger partial charge is 0.0951 e. The molecule has 0 amide bonds. The molecule has 0 saturated carbocycles. The molecule has 19 heavy (non-hydrogen) atoms. The Morgan fingerprint density at radius 3 is 2.95 bits per heavy atom. The van der Waals surface area contributed by atoms with Crippen LogP contribution in [0.15, 0.2) is 47.3 Å². The Labute approximate surface area is 116 Å². The highest BCUT2D eigenvalue weighted by atomic mass is 32.1. The Kier molecular flexibility index (Phi) is 3.09. The van der Waals surface area contributed by atoms with E-state index in [1.54, 1.807) is 17.5 Å². The standard InChI is InChI=1S/C15H15N3S/c1-10(11-6-8-19-9-11)18-14-5-4-13(16)15-12(14)3-2-7-17-15/h2-10,18H,16H2,1H3. The number of hydrogen-bond acceptors (Lipinski definition) is 4. The average molecular weight is 269 g/mol. The van der Waals surface area contributed by atoms with Crippen LogP contribution in [0.3, 0.4) is 0 Å². The zero-order valence-electron chi connectivity index (χ0n) is 10.6. The minimum Gasteiger partial charge on any atom is -0.397 e. The molecule has 1 aromatic carbocycles. The molecule has 4 heteroatoms. The van der Waals surface area contributed by atoms with Gasteiger partial charge in [-0.2, -0.15) is 11.3 Å². The van der Waals surface area contributed by atoms with Crippen molar-refractivity contribution in [2.45, 2.75) is 13.0 Å². The Hall–Kier alpha value is -2.07. The molecule has 0 aliphatic carbocycles. The molecule has 96 valence electrons. The molecule has 0 aliphatic rings. The summed E-state index contributed by atoms with van der Waals surface area (Å²) in [6, 6.07) is 10.3. The molecule has 0 aliphatic heterocycles. The number of aromatic nitrogens is 1. The fourth-order valence-corrected chi connectivity index (χ4v) is 2.91. The van der Waals surface area contributed by atoms with Crippen molar-refractivity contribution in [3.63, 3.8) is 0 Å². The van der Waals surface area contributed by atoms with Gasteiger partial charge in [-0.15, -0.1) is 0 Å². The minimum atomic E-state index is 0.262. The normalized spacial score (nSPS) is 12.5. The van der Waals surface area contributed by atoms with Gasteiger partial charge in [0, 0.05) is 23.3 Å². The van der Waals surface area contributed by atoms with E-state index in [9.17, 15) is 0 Å². The van der Waals surface area contributed by atoms with Gasteiger partial charge in [0.15, 0.2) is 0 Å². The van der Waals surface area contributed by atoms with Crippen LogP contribution in [0, 0.1) is 0 Å². The van der Waals surface area contributed by atoms with E-state index in [1.807, 2.05) is 24.3 Å². The summed E-state index contributed by atoms with van der Waals surface area (Å²) < 4.78 is 0. The van der Waals surface area contributed by atoms with Crippen molar-refractivity contribution in [1.82, 2.24) is 4.98 Å². The maximum absolute atomic E-state index is 5.96. The largest absolute Gasteiger partial charge is 0.397 e. The van der Waals surface area contributed by atoms with Crippen molar-refractivity contribution in [1.29, 1.82) is 0 Å². The lowest BCUT2D eigenvalue weighted by molar-refractivity contribution is 0.892. The number of benzene rings is 1. The van der Waals surface area contributed by atoms with Crippen LogP contribution < -0.4 is 11.1 Å². The first-order chi connectivity index (χ1) is 9.25. The molecular formula is C15H15N3S. The van der Waals surface area contributed by atoms with Crippen LogP contribution >= 0.6 is 11.3 Å². The highest BCUT2D eigenvalue weighted by Gasteiger charge is 2.09. The fraction of sp³-hybridized carbons (Fsp3) is 0.133. The van der Waals surface area contributed by atoms with E-state index in [4.69, 9.17) is 5.73 Å². The Morgan fingerprint density at radius 1 is 1.26 bits per heavy atom. The first kappa shape index (κ1) is 12.0. The molecule has 2 aromatic heterocycles. The summed E-state index contributed by atoms with van der Waals surface area (Å²) >= 11 is 1.71. The second kappa shape index (κ2) is 4.90. The van der Waals surface area contributed by atoms with Gasteiger partial charge in [-0.05, 0) is 53.6 Å². The number of nitrogens with zero attached hydrogens (tertiary/aromatic N) is 1. The van der Waals surface area contributed by atoms with Crippen LogP contribution in [-0.4, -0.2) is 4.98 Å². The molecule has 2 heterocycles. The first-order valence-corrected chi connectivity index (χ1v) is 7.12. The van der Waals surface area contributed by atoms with E-state index in [2.05, 4.69) is 34.1 Å². The summed E-state index contributed by atoms with van der Waals surface area (Å²) in [4.78, 5) is 4.35. The second-order valence-corrected chi connectivity index (χ2v) is 5.30. The van der Waals surface area contributed by atoms with Crippen LogP contribution in [0.4, 0.5) is 11.4 Å². The van der Waals surface area contributed by atoms with Crippen molar-refractivity contribution in [3.05, 3.63) is 52.9 Å². The lowest BCUT2D eigenvalue weighted by Crippen LogP contribution is -2.06. The van der Waals surface area contributed by atoms with Gasteiger partial charge in [0.2, 0.25) is 0 Å². The van der Waals surface area contributed by atoms with E-state index < -0.39 is 0 Å². The van der Waals surface area contributed by atoms with Crippen LogP contribution in [0.5, 0.6) is 0 Å². The van der Waals surface area contributed by atoms with Gasteiger partial charge in [0.05, 0.1) is 11.2 Å². The quantitative estimate of drug-likeness (QED) is 0.705. The predicted octanol–water partition coefficient (Wildman–Crippen LogP) is 4.05. The Balaban J connectivity index is 2.00. The lowest BCUT2D eigenvalue weighted by atomic mass is 10.1. The molecule has 0 fully saturated rings. The molecule has 3 N–H and O–H groups in total. The topological polar surface area (TPSA) is 50.9 Å². The van der Waals surface area contributed by atoms with Crippen molar-refractivity contribution in [3.8, 4) is 0 Å². The number of nitrogens with two attached hydrogens (primary N) is 1. The minimum absolute atomic E-state index is 0.262. The van der Waals surface area contributed by atoms with Crippen molar-refractivity contribution in [2.24, 2.45) is 0 Å². The van der Waals surface area contributed by atoms with Gasteiger partial charge in [-0.1, -0.05) is 0 Å². The molecule has 3 aromatic rings. The number of anilines is 2. The predicted molar refractivity (Wildman–Crippen MR) is 82.5 cm³/mol. The number of thiophene rings is 1. The fourth-order valence-electron chi connectivity index (χ4n) is 2.16. The molecule has 0 spiro atoms. The van der Waals surface area contributed by atoms with Gasteiger partial charge >= 0.3 is 0 Å². The van der Waals surface area contributed by atoms with Gasteiger partial charge in [-0.25, -0.2) is 0 Å². The molecule has 1 unspecified atom stereocenters. The third-order valence-electron chi connectivity index (χ3n) is 3.22. The summed E-state index contributed by atoms with van der Waals surface area (Å²) in [5, 5.41) is 8.84. The third kappa shape index (κ3) is 2.27. The van der Waals surface area contributed by atoms with Gasteiger partial charge < -0.3 is 11.1 Å². The second-order valence-electron chi connectivity index (χ2n) is 4.52.